The zero-order valence-corrected chi connectivity index (χ0v) is 18.2. The Labute approximate surface area is 185 Å². The van der Waals surface area contributed by atoms with E-state index in [4.69, 9.17) is 4.74 Å². The van der Waals surface area contributed by atoms with Crippen LogP contribution in [0.5, 0.6) is 0 Å². The largest absolute Gasteiger partial charge is 0.449 e. The van der Waals surface area contributed by atoms with Crippen molar-refractivity contribution in [3.05, 3.63) is 59.7 Å². The maximum absolute atomic E-state index is 12.8. The van der Waals surface area contributed by atoms with E-state index in [1.165, 1.54) is 17.3 Å². The first kappa shape index (κ1) is 21.4. The Balaban J connectivity index is 1.29. The van der Waals surface area contributed by atoms with Crippen molar-refractivity contribution in [3.63, 3.8) is 0 Å². The summed E-state index contributed by atoms with van der Waals surface area (Å²) < 4.78 is 5.43. The Bertz CT molecular complexity index is 974. The molecule has 0 aliphatic carbocycles. The number of hydrogen-bond donors (Lipinski definition) is 1. The van der Waals surface area contributed by atoms with Crippen molar-refractivity contribution < 1.29 is 19.1 Å². The van der Waals surface area contributed by atoms with Crippen molar-refractivity contribution in [2.24, 2.45) is 0 Å². The molecule has 2 aromatic carbocycles. The van der Waals surface area contributed by atoms with Gasteiger partial charge in [0, 0.05) is 37.6 Å². The number of nitrogens with zero attached hydrogens (tertiary/aromatic N) is 2. The third kappa shape index (κ3) is 5.26. The van der Waals surface area contributed by atoms with E-state index in [-0.39, 0.29) is 11.8 Å². The molecular formula is C23H25N3O4S. The second-order valence-corrected chi connectivity index (χ2v) is 8.70. The number of carbonyl (C=O) groups is 3. The number of piperazine rings is 1. The number of anilines is 1. The van der Waals surface area contributed by atoms with Crippen LogP contribution in [0.15, 0.2) is 53.4 Å². The van der Waals surface area contributed by atoms with Gasteiger partial charge in [-0.1, -0.05) is 30.3 Å². The SMILES string of the molecule is CC(OC(=O)c1ccc2c(c1)NC(=O)CS2)C(=O)N1CCN(Cc2ccccc2)CC1. The molecule has 1 fully saturated rings. The second kappa shape index (κ2) is 9.53. The molecule has 0 saturated carbocycles. The Kier molecular flexibility index (Phi) is 6.58. The summed E-state index contributed by atoms with van der Waals surface area (Å²) in [6.07, 6.45) is -0.867. The number of fused-ring (bicyclic) bond motifs is 1. The molecule has 1 unspecified atom stereocenters. The summed E-state index contributed by atoms with van der Waals surface area (Å²) in [6.45, 7) is 5.24. The summed E-state index contributed by atoms with van der Waals surface area (Å²) in [7, 11) is 0. The number of thioether (sulfide) groups is 1. The molecule has 1 N–H and O–H groups in total. The first-order valence-corrected chi connectivity index (χ1v) is 11.3. The normalized spacial score (nSPS) is 17.5. The van der Waals surface area contributed by atoms with Crippen LogP contribution < -0.4 is 5.32 Å². The molecule has 162 valence electrons. The van der Waals surface area contributed by atoms with Crippen molar-refractivity contribution in [1.29, 1.82) is 0 Å². The quantitative estimate of drug-likeness (QED) is 0.722. The number of carbonyl (C=O) groups excluding carboxylic acids is 3. The Hall–Kier alpha value is -2.84. The molecule has 31 heavy (non-hydrogen) atoms. The van der Waals surface area contributed by atoms with Crippen LogP contribution in [0.2, 0.25) is 0 Å². The number of benzene rings is 2. The highest BCUT2D eigenvalue weighted by atomic mass is 32.2. The van der Waals surface area contributed by atoms with E-state index in [9.17, 15) is 14.4 Å². The molecule has 0 aromatic heterocycles. The third-order valence-electron chi connectivity index (χ3n) is 5.41. The minimum Gasteiger partial charge on any atom is -0.449 e. The minimum absolute atomic E-state index is 0.0991. The summed E-state index contributed by atoms with van der Waals surface area (Å²) in [5.74, 6) is -0.496. The lowest BCUT2D eigenvalue weighted by Gasteiger charge is -2.35. The van der Waals surface area contributed by atoms with Gasteiger partial charge in [-0.3, -0.25) is 14.5 Å². The van der Waals surface area contributed by atoms with E-state index in [2.05, 4.69) is 22.3 Å². The highest BCUT2D eigenvalue weighted by Crippen LogP contribution is 2.32. The molecule has 1 saturated heterocycles. The third-order valence-corrected chi connectivity index (χ3v) is 6.49. The molecule has 1 atom stereocenters. The lowest BCUT2D eigenvalue weighted by molar-refractivity contribution is -0.141. The molecule has 7 nitrogen and oxygen atoms in total. The van der Waals surface area contributed by atoms with E-state index >= 15 is 0 Å². The smallest absolute Gasteiger partial charge is 0.338 e. The number of rotatable bonds is 5. The van der Waals surface area contributed by atoms with E-state index in [1.54, 1.807) is 30.0 Å². The van der Waals surface area contributed by atoms with Crippen molar-refractivity contribution in [2.75, 3.05) is 37.2 Å². The number of ether oxygens (including phenoxy) is 1. The van der Waals surface area contributed by atoms with Crippen LogP contribution in [-0.4, -0.2) is 65.6 Å². The summed E-state index contributed by atoms with van der Waals surface area (Å²) in [5, 5.41) is 2.76. The predicted molar refractivity (Wildman–Crippen MR) is 119 cm³/mol. The van der Waals surface area contributed by atoms with Crippen LogP contribution in [0.4, 0.5) is 5.69 Å². The van der Waals surface area contributed by atoms with Gasteiger partial charge >= 0.3 is 5.97 Å². The van der Waals surface area contributed by atoms with Gasteiger partial charge in [0.15, 0.2) is 6.10 Å². The number of amides is 2. The number of hydrogen-bond acceptors (Lipinski definition) is 6. The zero-order chi connectivity index (χ0) is 21.8. The van der Waals surface area contributed by atoms with Gasteiger partial charge < -0.3 is 15.0 Å². The summed E-state index contributed by atoms with van der Waals surface area (Å²) in [5.41, 5.74) is 2.17. The average Bonchev–Trinajstić information content (AvgIpc) is 2.79. The van der Waals surface area contributed by atoms with Gasteiger partial charge in [0.1, 0.15) is 0 Å². The topological polar surface area (TPSA) is 78.9 Å². The highest BCUT2D eigenvalue weighted by molar-refractivity contribution is 8.00. The Morgan fingerprint density at radius 1 is 1.10 bits per heavy atom. The van der Waals surface area contributed by atoms with Crippen molar-refractivity contribution in [1.82, 2.24) is 9.80 Å². The van der Waals surface area contributed by atoms with E-state index < -0.39 is 12.1 Å². The lowest BCUT2D eigenvalue weighted by atomic mass is 10.2. The highest BCUT2D eigenvalue weighted by Gasteiger charge is 2.28. The maximum atomic E-state index is 12.8. The number of nitrogens with one attached hydrogen (secondary N) is 1. The van der Waals surface area contributed by atoms with Gasteiger partial charge in [0.25, 0.3) is 5.91 Å². The molecule has 4 rings (SSSR count). The van der Waals surface area contributed by atoms with E-state index in [1.807, 2.05) is 18.2 Å². The zero-order valence-electron chi connectivity index (χ0n) is 17.4. The molecule has 0 spiro atoms. The van der Waals surface area contributed by atoms with Crippen LogP contribution in [0.3, 0.4) is 0 Å². The van der Waals surface area contributed by atoms with Crippen LogP contribution in [-0.2, 0) is 20.9 Å². The standard InChI is InChI=1S/C23H25N3O4S/c1-16(30-23(29)18-7-8-20-19(13-18)24-21(27)15-31-20)22(28)26-11-9-25(10-12-26)14-17-5-3-2-4-6-17/h2-8,13,16H,9-12,14-15H2,1H3,(H,24,27). The van der Waals surface area contributed by atoms with Gasteiger partial charge in [0.05, 0.1) is 17.0 Å². The van der Waals surface area contributed by atoms with Gasteiger partial charge in [0.2, 0.25) is 5.91 Å². The van der Waals surface area contributed by atoms with Crippen molar-refractivity contribution in [3.8, 4) is 0 Å². The van der Waals surface area contributed by atoms with Gasteiger partial charge in [-0.25, -0.2) is 4.79 Å². The van der Waals surface area contributed by atoms with Crippen LogP contribution in [0.25, 0.3) is 0 Å². The summed E-state index contributed by atoms with van der Waals surface area (Å²) >= 11 is 1.43. The molecule has 2 aromatic rings. The van der Waals surface area contributed by atoms with Crippen LogP contribution in [0.1, 0.15) is 22.8 Å². The molecule has 0 bridgehead atoms. The first-order chi connectivity index (χ1) is 15.0. The van der Waals surface area contributed by atoms with E-state index in [0.29, 0.717) is 30.1 Å². The predicted octanol–water partition coefficient (Wildman–Crippen LogP) is 2.62. The minimum atomic E-state index is -0.867. The summed E-state index contributed by atoms with van der Waals surface area (Å²) in [4.78, 5) is 41.9. The monoisotopic (exact) mass is 439 g/mol. The molecule has 2 aliphatic rings. The van der Waals surface area contributed by atoms with E-state index in [0.717, 1.165) is 24.5 Å². The summed E-state index contributed by atoms with van der Waals surface area (Å²) in [6, 6.07) is 15.3. The second-order valence-electron chi connectivity index (χ2n) is 7.68. The van der Waals surface area contributed by atoms with Gasteiger partial charge in [-0.15, -0.1) is 11.8 Å². The molecule has 2 amide bonds. The molecule has 0 radical (unpaired) electrons. The lowest BCUT2D eigenvalue weighted by Crippen LogP contribution is -2.51. The molecule has 8 heteroatoms. The molecule has 2 heterocycles. The number of esters is 1. The molecule has 2 aliphatic heterocycles. The van der Waals surface area contributed by atoms with Gasteiger partial charge in [-0.05, 0) is 30.7 Å². The first-order valence-electron chi connectivity index (χ1n) is 10.3. The maximum Gasteiger partial charge on any atom is 0.338 e. The fourth-order valence-electron chi connectivity index (χ4n) is 3.71. The Morgan fingerprint density at radius 3 is 2.58 bits per heavy atom. The van der Waals surface area contributed by atoms with Crippen LogP contribution >= 0.6 is 11.8 Å². The molecular weight excluding hydrogens is 414 g/mol. The fraction of sp³-hybridized carbons (Fsp3) is 0.348. The van der Waals surface area contributed by atoms with Crippen molar-refractivity contribution >= 4 is 35.2 Å². The fourth-order valence-corrected chi connectivity index (χ4v) is 4.50. The average molecular weight is 440 g/mol. The van der Waals surface area contributed by atoms with Crippen molar-refractivity contribution in [2.45, 2.75) is 24.5 Å². The Morgan fingerprint density at radius 2 is 1.84 bits per heavy atom. The van der Waals surface area contributed by atoms with Gasteiger partial charge in [-0.2, -0.15) is 0 Å². The van der Waals surface area contributed by atoms with Crippen LogP contribution in [0, 0.1) is 0 Å².